The summed E-state index contributed by atoms with van der Waals surface area (Å²) < 4.78 is 26.7. The molecule has 1 aromatic heterocycles. The molecule has 1 aliphatic rings. The molecule has 7 heteroatoms. The molecule has 0 amide bonds. The van der Waals surface area contributed by atoms with Crippen LogP contribution < -0.4 is 10.0 Å². The molecular weight excluding hydrogens is 270 g/mol. The largest absolute Gasteiger partial charge is 0.313 e. The van der Waals surface area contributed by atoms with E-state index in [0.29, 0.717) is 17.7 Å². The maximum absolute atomic E-state index is 12.1. The summed E-state index contributed by atoms with van der Waals surface area (Å²) in [6.07, 6.45) is 2.32. The first-order valence-corrected chi connectivity index (χ1v) is 8.44. The molecule has 0 saturated heterocycles. The first-order chi connectivity index (χ1) is 8.38. The quantitative estimate of drug-likeness (QED) is 0.835. The lowest BCUT2D eigenvalue weighted by Gasteiger charge is -2.13. The predicted octanol–water partition coefficient (Wildman–Crippen LogP) is 1.64. The summed E-state index contributed by atoms with van der Waals surface area (Å²) in [6, 6.07) is 0.520. The Bertz CT molecular complexity index is 501. The smallest absolute Gasteiger partial charge is 0.238 e. The van der Waals surface area contributed by atoms with Crippen molar-refractivity contribution in [1.82, 2.24) is 10.3 Å². The Balaban J connectivity index is 1.96. The van der Waals surface area contributed by atoms with Crippen molar-refractivity contribution >= 4 is 26.5 Å². The molecule has 2 N–H and O–H groups in total. The van der Waals surface area contributed by atoms with E-state index in [9.17, 15) is 8.42 Å². The van der Waals surface area contributed by atoms with Gasteiger partial charge in [0.05, 0.1) is 10.9 Å². The van der Waals surface area contributed by atoms with Gasteiger partial charge in [0.15, 0.2) is 5.13 Å². The van der Waals surface area contributed by atoms with E-state index in [1.807, 2.05) is 13.8 Å². The molecule has 0 spiro atoms. The molecule has 1 saturated carbocycles. The van der Waals surface area contributed by atoms with Crippen molar-refractivity contribution in [3.05, 3.63) is 10.6 Å². The van der Waals surface area contributed by atoms with Gasteiger partial charge in [-0.2, -0.15) is 0 Å². The molecule has 1 atom stereocenters. The minimum absolute atomic E-state index is 0.456. The average molecular weight is 289 g/mol. The number of aryl methyl sites for hydroxylation is 2. The molecule has 102 valence electrons. The average Bonchev–Trinajstić information content (AvgIpc) is 3.03. The van der Waals surface area contributed by atoms with Crippen molar-refractivity contribution in [2.75, 3.05) is 11.3 Å². The van der Waals surface area contributed by atoms with Crippen LogP contribution in [0.1, 0.15) is 30.3 Å². The van der Waals surface area contributed by atoms with Gasteiger partial charge in [0.1, 0.15) is 0 Å². The van der Waals surface area contributed by atoms with Crippen LogP contribution >= 0.6 is 11.3 Å². The maximum Gasteiger partial charge on any atom is 0.238 e. The van der Waals surface area contributed by atoms with Gasteiger partial charge in [0.2, 0.25) is 10.0 Å². The standard InChI is InChI=1S/C11H19N3O2S2/c1-7(6-12-10-4-5-10)18(15,16)14-11-13-8(2)9(3)17-11/h7,10,12H,4-6H2,1-3H3,(H,13,14). The molecule has 5 nitrogen and oxygen atoms in total. The summed E-state index contributed by atoms with van der Waals surface area (Å²) in [5, 5.41) is 3.23. The van der Waals surface area contributed by atoms with Gasteiger partial charge in [0, 0.05) is 17.5 Å². The van der Waals surface area contributed by atoms with Gasteiger partial charge in [-0.1, -0.05) is 0 Å². The normalized spacial score (nSPS) is 17.7. The van der Waals surface area contributed by atoms with Crippen LogP contribution in [-0.2, 0) is 10.0 Å². The number of rotatable bonds is 6. The number of hydrogen-bond donors (Lipinski definition) is 2. The lowest BCUT2D eigenvalue weighted by atomic mass is 10.4. The Labute approximate surface area is 112 Å². The van der Waals surface area contributed by atoms with E-state index in [1.54, 1.807) is 6.92 Å². The minimum atomic E-state index is -3.35. The van der Waals surface area contributed by atoms with Crippen molar-refractivity contribution in [2.24, 2.45) is 0 Å². The van der Waals surface area contributed by atoms with Gasteiger partial charge in [-0.25, -0.2) is 13.4 Å². The van der Waals surface area contributed by atoms with E-state index in [2.05, 4.69) is 15.0 Å². The van der Waals surface area contributed by atoms with Crippen molar-refractivity contribution in [3.63, 3.8) is 0 Å². The van der Waals surface area contributed by atoms with E-state index in [4.69, 9.17) is 0 Å². The number of nitrogens with one attached hydrogen (secondary N) is 2. The van der Waals surface area contributed by atoms with E-state index in [0.717, 1.165) is 23.4 Å². The third-order valence-corrected chi connectivity index (χ3v) is 5.88. The number of sulfonamides is 1. The highest BCUT2D eigenvalue weighted by molar-refractivity contribution is 7.93. The van der Waals surface area contributed by atoms with Crippen molar-refractivity contribution in [3.8, 4) is 0 Å². The van der Waals surface area contributed by atoms with Gasteiger partial charge < -0.3 is 5.32 Å². The zero-order chi connectivity index (χ0) is 13.3. The highest BCUT2D eigenvalue weighted by Crippen LogP contribution is 2.23. The molecule has 1 aliphatic carbocycles. The van der Waals surface area contributed by atoms with Crippen LogP contribution in [0.5, 0.6) is 0 Å². The maximum atomic E-state index is 12.1. The van der Waals surface area contributed by atoms with E-state index >= 15 is 0 Å². The van der Waals surface area contributed by atoms with Crippen LogP contribution in [-0.4, -0.2) is 31.2 Å². The van der Waals surface area contributed by atoms with Crippen molar-refractivity contribution in [1.29, 1.82) is 0 Å². The Hall–Kier alpha value is -0.660. The second-order valence-electron chi connectivity index (χ2n) is 4.80. The Morgan fingerprint density at radius 2 is 2.11 bits per heavy atom. The first kappa shape index (κ1) is 13.8. The molecular formula is C11H19N3O2S2. The number of hydrogen-bond acceptors (Lipinski definition) is 5. The Morgan fingerprint density at radius 3 is 2.61 bits per heavy atom. The highest BCUT2D eigenvalue weighted by atomic mass is 32.2. The minimum Gasteiger partial charge on any atom is -0.313 e. The molecule has 0 radical (unpaired) electrons. The Kier molecular flexibility index (Phi) is 3.93. The lowest BCUT2D eigenvalue weighted by Crippen LogP contribution is -2.35. The molecule has 0 aliphatic heterocycles. The van der Waals surface area contributed by atoms with E-state index < -0.39 is 15.3 Å². The topological polar surface area (TPSA) is 71.1 Å². The molecule has 1 unspecified atom stereocenters. The monoisotopic (exact) mass is 289 g/mol. The fourth-order valence-corrected chi connectivity index (χ4v) is 3.46. The van der Waals surface area contributed by atoms with Crippen LogP contribution in [0, 0.1) is 13.8 Å². The van der Waals surface area contributed by atoms with Gasteiger partial charge >= 0.3 is 0 Å². The second-order valence-corrected chi connectivity index (χ2v) is 8.10. The summed E-state index contributed by atoms with van der Waals surface area (Å²) in [4.78, 5) is 5.23. The van der Waals surface area contributed by atoms with Gasteiger partial charge in [-0.05, 0) is 33.6 Å². The fraction of sp³-hybridized carbons (Fsp3) is 0.727. The third kappa shape index (κ3) is 3.43. The summed E-state index contributed by atoms with van der Waals surface area (Å²) in [7, 11) is -3.35. The number of anilines is 1. The van der Waals surface area contributed by atoms with Gasteiger partial charge in [-0.3, -0.25) is 4.72 Å². The third-order valence-electron chi connectivity index (χ3n) is 3.06. The van der Waals surface area contributed by atoms with Gasteiger partial charge in [-0.15, -0.1) is 11.3 Å². The summed E-state index contributed by atoms with van der Waals surface area (Å²) in [5.74, 6) is 0. The summed E-state index contributed by atoms with van der Waals surface area (Å²) >= 11 is 1.37. The van der Waals surface area contributed by atoms with Crippen molar-refractivity contribution < 1.29 is 8.42 Å². The van der Waals surface area contributed by atoms with E-state index in [1.165, 1.54) is 11.3 Å². The molecule has 1 aromatic rings. The molecule has 2 rings (SSSR count). The molecule has 1 fully saturated rings. The first-order valence-electron chi connectivity index (χ1n) is 6.07. The van der Waals surface area contributed by atoms with Crippen LogP contribution in [0.2, 0.25) is 0 Å². The van der Waals surface area contributed by atoms with Gasteiger partial charge in [0.25, 0.3) is 0 Å². The zero-order valence-electron chi connectivity index (χ0n) is 10.9. The zero-order valence-corrected chi connectivity index (χ0v) is 12.5. The number of thiazole rings is 1. The lowest BCUT2D eigenvalue weighted by molar-refractivity contribution is 0.576. The Morgan fingerprint density at radius 1 is 1.44 bits per heavy atom. The van der Waals surface area contributed by atoms with Crippen molar-refractivity contribution in [2.45, 2.75) is 44.9 Å². The van der Waals surface area contributed by atoms with E-state index in [-0.39, 0.29) is 0 Å². The summed E-state index contributed by atoms with van der Waals surface area (Å²) in [6.45, 7) is 6.01. The number of nitrogens with zero attached hydrogens (tertiary/aromatic N) is 1. The van der Waals surface area contributed by atoms with Crippen LogP contribution in [0.25, 0.3) is 0 Å². The molecule has 1 heterocycles. The second kappa shape index (κ2) is 5.14. The molecule has 0 aromatic carbocycles. The summed E-state index contributed by atoms with van der Waals surface area (Å²) in [5.41, 5.74) is 0.876. The van der Waals surface area contributed by atoms with Crippen LogP contribution in [0.3, 0.4) is 0 Å². The van der Waals surface area contributed by atoms with Crippen LogP contribution in [0.4, 0.5) is 5.13 Å². The predicted molar refractivity (Wildman–Crippen MR) is 74.6 cm³/mol. The highest BCUT2D eigenvalue weighted by Gasteiger charge is 2.26. The van der Waals surface area contributed by atoms with Crippen LogP contribution in [0.15, 0.2) is 0 Å². The fourth-order valence-electron chi connectivity index (χ4n) is 1.47. The number of aromatic nitrogens is 1. The SMILES string of the molecule is Cc1nc(NS(=O)(=O)C(C)CNC2CC2)sc1C. The molecule has 0 bridgehead atoms. The molecule has 18 heavy (non-hydrogen) atoms.